The number of aliphatic hydroxyl groups is 2. The molecule has 0 radical (unpaired) electrons. The molecular weight excluding hydrogens is 304 g/mol. The van der Waals surface area contributed by atoms with Crippen LogP contribution < -0.4 is 0 Å². The third-order valence-corrected chi connectivity index (χ3v) is 6.28. The highest BCUT2D eigenvalue weighted by Crippen LogP contribution is 2.29. The zero-order valence-electron chi connectivity index (χ0n) is 15.0. The molecule has 3 rings (SSSR count). The molecule has 1 saturated carbocycles. The van der Waals surface area contributed by atoms with Gasteiger partial charge < -0.3 is 15.1 Å². The van der Waals surface area contributed by atoms with Crippen molar-refractivity contribution in [3.05, 3.63) is 0 Å². The molecule has 1 atom stereocenters. The van der Waals surface area contributed by atoms with Crippen LogP contribution in [0.4, 0.5) is 0 Å². The van der Waals surface area contributed by atoms with Gasteiger partial charge >= 0.3 is 0 Å². The Balaban J connectivity index is 1.51. The summed E-state index contributed by atoms with van der Waals surface area (Å²) in [4.78, 5) is 16.9. The number of piperidine rings is 2. The fourth-order valence-corrected chi connectivity index (χ4v) is 4.69. The summed E-state index contributed by atoms with van der Waals surface area (Å²) in [5.74, 6) is 0.709. The molecule has 2 heterocycles. The van der Waals surface area contributed by atoms with Crippen molar-refractivity contribution in [2.24, 2.45) is 5.92 Å². The van der Waals surface area contributed by atoms with E-state index in [9.17, 15) is 15.0 Å². The van der Waals surface area contributed by atoms with Crippen molar-refractivity contribution in [2.75, 3.05) is 32.7 Å². The Bertz CT molecular complexity index is 417. The van der Waals surface area contributed by atoms with E-state index >= 15 is 0 Å². The van der Waals surface area contributed by atoms with Crippen molar-refractivity contribution in [3.8, 4) is 0 Å². The van der Waals surface area contributed by atoms with Crippen LogP contribution >= 0.6 is 0 Å². The van der Waals surface area contributed by atoms with Gasteiger partial charge in [0.05, 0.1) is 6.10 Å². The second-order valence-electron chi connectivity index (χ2n) is 8.23. The number of aliphatic hydroxyl groups excluding tert-OH is 1. The number of rotatable bonds is 5. The number of amides is 1. The van der Waals surface area contributed by atoms with Crippen LogP contribution in [-0.2, 0) is 4.79 Å². The maximum Gasteiger partial charge on any atom is 0.255 e. The third kappa shape index (κ3) is 4.50. The van der Waals surface area contributed by atoms with E-state index in [1.165, 1.54) is 32.1 Å². The summed E-state index contributed by atoms with van der Waals surface area (Å²) in [6.45, 7) is 3.59. The molecular formula is C19H34N2O3. The summed E-state index contributed by atoms with van der Waals surface area (Å²) in [6.07, 6.45) is 10.5. The van der Waals surface area contributed by atoms with E-state index < -0.39 is 5.60 Å². The monoisotopic (exact) mass is 338 g/mol. The zero-order valence-corrected chi connectivity index (χ0v) is 15.0. The molecule has 138 valence electrons. The number of carbonyl (C=O) groups is 1. The molecule has 3 fully saturated rings. The number of hydrogen-bond donors (Lipinski definition) is 2. The maximum absolute atomic E-state index is 12.9. The molecule has 2 N–H and O–H groups in total. The lowest BCUT2D eigenvalue weighted by Crippen LogP contribution is -2.59. The summed E-state index contributed by atoms with van der Waals surface area (Å²) in [5.41, 5.74) is -1.22. The fourth-order valence-electron chi connectivity index (χ4n) is 4.69. The fraction of sp³-hybridized carbons (Fsp3) is 0.947. The van der Waals surface area contributed by atoms with Crippen molar-refractivity contribution in [3.63, 3.8) is 0 Å². The third-order valence-electron chi connectivity index (χ3n) is 6.28. The summed E-state index contributed by atoms with van der Waals surface area (Å²) < 4.78 is 0. The molecule has 0 spiro atoms. The Morgan fingerprint density at radius 3 is 2.42 bits per heavy atom. The topological polar surface area (TPSA) is 64.0 Å². The van der Waals surface area contributed by atoms with Crippen LogP contribution in [0.1, 0.15) is 64.2 Å². The van der Waals surface area contributed by atoms with Gasteiger partial charge in [0.1, 0.15) is 0 Å². The Morgan fingerprint density at radius 1 is 1.00 bits per heavy atom. The summed E-state index contributed by atoms with van der Waals surface area (Å²) in [7, 11) is 0. The SMILES string of the molecule is O=C1N(CCC2CCCCC2)CCC[C@]1(O)CN1CCC(O)CC1. The standard InChI is InChI=1S/C19H34N2O3/c22-17-8-12-20(13-9-17)15-19(24)10-4-11-21(18(19)23)14-7-16-5-2-1-3-6-16/h16-17,22,24H,1-15H2/t19-/m0/s1. The highest BCUT2D eigenvalue weighted by Gasteiger charge is 2.43. The zero-order chi connectivity index (χ0) is 17.0. The van der Waals surface area contributed by atoms with Crippen molar-refractivity contribution in [2.45, 2.75) is 75.9 Å². The molecule has 2 aliphatic heterocycles. The predicted octanol–water partition coefficient (Wildman–Crippen LogP) is 1.77. The van der Waals surface area contributed by atoms with Crippen LogP contribution in [-0.4, -0.2) is 70.3 Å². The molecule has 0 unspecified atom stereocenters. The van der Waals surface area contributed by atoms with Gasteiger partial charge in [0.15, 0.2) is 5.60 Å². The van der Waals surface area contributed by atoms with Gasteiger partial charge in [0, 0.05) is 32.7 Å². The van der Waals surface area contributed by atoms with Crippen molar-refractivity contribution < 1.29 is 15.0 Å². The Morgan fingerprint density at radius 2 is 1.71 bits per heavy atom. The molecule has 0 aromatic rings. The van der Waals surface area contributed by atoms with E-state index in [2.05, 4.69) is 4.90 Å². The van der Waals surface area contributed by atoms with E-state index in [4.69, 9.17) is 0 Å². The van der Waals surface area contributed by atoms with Gasteiger partial charge in [-0.1, -0.05) is 32.1 Å². The first kappa shape index (κ1) is 18.2. The molecule has 3 aliphatic rings. The predicted molar refractivity (Wildman–Crippen MR) is 93.6 cm³/mol. The Hall–Kier alpha value is -0.650. The normalized spacial score (nSPS) is 31.6. The molecule has 0 aromatic heterocycles. The molecule has 24 heavy (non-hydrogen) atoms. The number of carbonyl (C=O) groups excluding carboxylic acids is 1. The summed E-state index contributed by atoms with van der Waals surface area (Å²) in [5, 5.41) is 20.6. The molecule has 5 heteroatoms. The molecule has 2 saturated heterocycles. The van der Waals surface area contributed by atoms with E-state index in [-0.39, 0.29) is 12.0 Å². The first-order chi connectivity index (χ1) is 11.6. The van der Waals surface area contributed by atoms with Crippen LogP contribution in [0, 0.1) is 5.92 Å². The van der Waals surface area contributed by atoms with Gasteiger partial charge in [-0.05, 0) is 38.0 Å². The summed E-state index contributed by atoms with van der Waals surface area (Å²) >= 11 is 0. The van der Waals surface area contributed by atoms with Crippen LogP contribution in [0.5, 0.6) is 0 Å². The number of likely N-dealkylation sites (tertiary alicyclic amines) is 2. The molecule has 1 amide bonds. The second kappa shape index (κ2) is 8.15. The average Bonchev–Trinajstić information content (AvgIpc) is 2.59. The number of β-amino-alcohol motifs (C(OH)–C–C–N with tert-alkyl or cyclic N) is 1. The van der Waals surface area contributed by atoms with Gasteiger partial charge in [0.2, 0.25) is 0 Å². The maximum atomic E-state index is 12.9. The number of hydrogen-bond acceptors (Lipinski definition) is 4. The van der Waals surface area contributed by atoms with Crippen LogP contribution in [0.2, 0.25) is 0 Å². The molecule has 5 nitrogen and oxygen atoms in total. The first-order valence-electron chi connectivity index (χ1n) is 9.99. The molecule has 0 bridgehead atoms. The largest absolute Gasteiger partial charge is 0.393 e. The van der Waals surface area contributed by atoms with Gasteiger partial charge in [0.25, 0.3) is 5.91 Å². The number of nitrogens with zero attached hydrogens (tertiary/aromatic N) is 2. The van der Waals surface area contributed by atoms with Crippen LogP contribution in [0.3, 0.4) is 0 Å². The van der Waals surface area contributed by atoms with Crippen LogP contribution in [0.25, 0.3) is 0 Å². The van der Waals surface area contributed by atoms with E-state index in [1.807, 2.05) is 4.90 Å². The van der Waals surface area contributed by atoms with E-state index in [0.717, 1.165) is 57.8 Å². The van der Waals surface area contributed by atoms with Gasteiger partial charge in [-0.3, -0.25) is 9.69 Å². The van der Waals surface area contributed by atoms with Gasteiger partial charge in [-0.15, -0.1) is 0 Å². The van der Waals surface area contributed by atoms with Gasteiger partial charge in [-0.2, -0.15) is 0 Å². The first-order valence-corrected chi connectivity index (χ1v) is 9.99. The Labute approximate surface area is 146 Å². The average molecular weight is 338 g/mol. The lowest BCUT2D eigenvalue weighted by atomic mass is 9.86. The van der Waals surface area contributed by atoms with Crippen molar-refractivity contribution in [1.82, 2.24) is 9.80 Å². The Kier molecular flexibility index (Phi) is 6.17. The smallest absolute Gasteiger partial charge is 0.255 e. The van der Waals surface area contributed by atoms with Crippen molar-refractivity contribution in [1.29, 1.82) is 0 Å². The lowest BCUT2D eigenvalue weighted by molar-refractivity contribution is -0.160. The minimum absolute atomic E-state index is 0.0596. The second-order valence-corrected chi connectivity index (χ2v) is 8.23. The highest BCUT2D eigenvalue weighted by atomic mass is 16.3. The van der Waals surface area contributed by atoms with Gasteiger partial charge in [-0.25, -0.2) is 0 Å². The molecule has 0 aromatic carbocycles. The lowest BCUT2D eigenvalue weighted by Gasteiger charge is -2.42. The minimum Gasteiger partial charge on any atom is -0.393 e. The quantitative estimate of drug-likeness (QED) is 0.802. The van der Waals surface area contributed by atoms with E-state index in [1.54, 1.807) is 0 Å². The minimum atomic E-state index is -1.22. The van der Waals surface area contributed by atoms with Crippen molar-refractivity contribution >= 4 is 5.91 Å². The van der Waals surface area contributed by atoms with E-state index in [0.29, 0.717) is 13.0 Å². The summed E-state index contributed by atoms with van der Waals surface area (Å²) in [6, 6.07) is 0. The highest BCUT2D eigenvalue weighted by molar-refractivity contribution is 5.86. The molecule has 1 aliphatic carbocycles. The van der Waals surface area contributed by atoms with Crippen LogP contribution in [0.15, 0.2) is 0 Å².